The largest absolute Gasteiger partial charge is 0.272 e. The molecule has 7 nitrogen and oxygen atoms in total. The number of carbonyl (C=O) groups excluding carboxylic acids is 1. The second kappa shape index (κ2) is 9.55. The minimum atomic E-state index is -0.319. The van der Waals surface area contributed by atoms with Crippen LogP contribution in [0.2, 0.25) is 5.02 Å². The molecule has 0 saturated carbocycles. The van der Waals surface area contributed by atoms with Crippen LogP contribution < -0.4 is 11.0 Å². The average molecular weight is 450 g/mol. The van der Waals surface area contributed by atoms with Gasteiger partial charge in [-0.05, 0) is 54.1 Å². The van der Waals surface area contributed by atoms with Crippen molar-refractivity contribution in [2.24, 2.45) is 5.10 Å². The Hall–Kier alpha value is -3.49. The smallest absolute Gasteiger partial charge is 0.266 e. The van der Waals surface area contributed by atoms with Crippen molar-refractivity contribution >= 4 is 46.4 Å². The number of benzene rings is 2. The molecule has 4 rings (SSSR count). The predicted molar refractivity (Wildman–Crippen MR) is 123 cm³/mol. The maximum atomic E-state index is 13.2. The molecule has 1 amide bonds. The topological polar surface area (TPSA) is 89.2 Å². The number of aromatic nitrogens is 3. The van der Waals surface area contributed by atoms with Crippen molar-refractivity contribution < 1.29 is 4.79 Å². The lowest BCUT2D eigenvalue weighted by atomic mass is 10.2. The lowest BCUT2D eigenvalue weighted by molar-refractivity contribution is -0.118. The standard InChI is InChI=1S/C22H16ClN5O2S/c23-16-5-7-17(8-6-16)28-21(30)18-3-1-2-4-19(18)26-22(28)31-14-20(29)27-25-13-15-9-11-24-12-10-15/h1-13H,14H2,(H,27,29)/b25-13-. The number of hydrogen-bond donors (Lipinski definition) is 1. The van der Waals surface area contributed by atoms with E-state index in [1.54, 1.807) is 67.0 Å². The molecule has 2 aromatic carbocycles. The molecule has 1 N–H and O–H groups in total. The predicted octanol–water partition coefficient (Wildman–Crippen LogP) is 3.68. The minimum Gasteiger partial charge on any atom is -0.272 e. The van der Waals surface area contributed by atoms with E-state index in [-0.39, 0.29) is 17.2 Å². The molecule has 31 heavy (non-hydrogen) atoms. The normalized spacial score (nSPS) is 11.1. The van der Waals surface area contributed by atoms with Crippen LogP contribution >= 0.6 is 23.4 Å². The van der Waals surface area contributed by atoms with Crippen LogP contribution in [0.5, 0.6) is 0 Å². The zero-order valence-corrected chi connectivity index (χ0v) is 17.7. The number of rotatable bonds is 6. The Morgan fingerprint density at radius 1 is 1.10 bits per heavy atom. The summed E-state index contributed by atoms with van der Waals surface area (Å²) in [5.41, 5.74) is 4.26. The average Bonchev–Trinajstić information content (AvgIpc) is 2.79. The molecule has 0 aliphatic carbocycles. The molecule has 2 aromatic heterocycles. The molecule has 0 bridgehead atoms. The highest BCUT2D eigenvalue weighted by Gasteiger charge is 2.14. The highest BCUT2D eigenvalue weighted by Crippen LogP contribution is 2.22. The maximum absolute atomic E-state index is 13.2. The Morgan fingerprint density at radius 2 is 1.84 bits per heavy atom. The van der Waals surface area contributed by atoms with Gasteiger partial charge in [0.05, 0.1) is 28.6 Å². The van der Waals surface area contributed by atoms with E-state index in [1.165, 1.54) is 10.8 Å². The summed E-state index contributed by atoms with van der Waals surface area (Å²) in [5.74, 6) is -0.285. The quantitative estimate of drug-likeness (QED) is 0.210. The number of amides is 1. The fourth-order valence-electron chi connectivity index (χ4n) is 2.82. The molecule has 0 atom stereocenters. The Labute approximate surface area is 186 Å². The molecule has 0 aliphatic rings. The van der Waals surface area contributed by atoms with Gasteiger partial charge in [-0.2, -0.15) is 5.10 Å². The van der Waals surface area contributed by atoms with Gasteiger partial charge in [0.1, 0.15) is 0 Å². The van der Waals surface area contributed by atoms with Crippen LogP contribution in [-0.4, -0.2) is 32.4 Å². The zero-order chi connectivity index (χ0) is 21.6. The first-order valence-corrected chi connectivity index (χ1v) is 10.6. The van der Waals surface area contributed by atoms with Gasteiger partial charge in [-0.3, -0.25) is 19.1 Å². The van der Waals surface area contributed by atoms with Gasteiger partial charge in [-0.25, -0.2) is 10.4 Å². The van der Waals surface area contributed by atoms with E-state index in [4.69, 9.17) is 11.6 Å². The van der Waals surface area contributed by atoms with E-state index in [0.29, 0.717) is 26.8 Å². The fourth-order valence-corrected chi connectivity index (χ4v) is 3.75. The molecule has 0 radical (unpaired) electrons. The van der Waals surface area contributed by atoms with Crippen LogP contribution in [0, 0.1) is 0 Å². The molecule has 2 heterocycles. The summed E-state index contributed by atoms with van der Waals surface area (Å²) in [6, 6.07) is 17.5. The Kier molecular flexibility index (Phi) is 6.40. The summed E-state index contributed by atoms with van der Waals surface area (Å²) in [5, 5.41) is 5.40. The third-order valence-electron chi connectivity index (χ3n) is 4.27. The first kappa shape index (κ1) is 20.8. The molecule has 0 unspecified atom stereocenters. The molecule has 0 fully saturated rings. The summed E-state index contributed by atoms with van der Waals surface area (Å²) in [6.45, 7) is 0. The van der Waals surface area contributed by atoms with Gasteiger partial charge >= 0.3 is 0 Å². The highest BCUT2D eigenvalue weighted by molar-refractivity contribution is 7.99. The van der Waals surface area contributed by atoms with E-state index >= 15 is 0 Å². The molecule has 0 saturated heterocycles. The van der Waals surface area contributed by atoms with Gasteiger partial charge in [0.2, 0.25) is 0 Å². The van der Waals surface area contributed by atoms with Crippen molar-refractivity contribution in [1.82, 2.24) is 20.0 Å². The van der Waals surface area contributed by atoms with E-state index in [9.17, 15) is 9.59 Å². The molecular weight excluding hydrogens is 434 g/mol. The van der Waals surface area contributed by atoms with Crippen LogP contribution in [0.4, 0.5) is 0 Å². The third-order valence-corrected chi connectivity index (χ3v) is 5.46. The number of pyridine rings is 1. The van der Waals surface area contributed by atoms with E-state index < -0.39 is 0 Å². The number of hydrogen-bond acceptors (Lipinski definition) is 6. The van der Waals surface area contributed by atoms with Gasteiger partial charge in [0.15, 0.2) is 5.16 Å². The van der Waals surface area contributed by atoms with Crippen molar-refractivity contribution in [2.45, 2.75) is 5.16 Å². The molecule has 9 heteroatoms. The van der Waals surface area contributed by atoms with Crippen LogP contribution in [-0.2, 0) is 4.79 Å². The number of nitrogens with one attached hydrogen (secondary N) is 1. The van der Waals surface area contributed by atoms with Crippen molar-refractivity contribution in [1.29, 1.82) is 0 Å². The number of nitrogens with zero attached hydrogens (tertiary/aromatic N) is 4. The van der Waals surface area contributed by atoms with Crippen molar-refractivity contribution in [3.63, 3.8) is 0 Å². The molecule has 4 aromatic rings. The lowest BCUT2D eigenvalue weighted by Crippen LogP contribution is -2.24. The molecular formula is C22H16ClN5O2S. The van der Waals surface area contributed by atoms with Gasteiger partial charge in [-0.1, -0.05) is 35.5 Å². The van der Waals surface area contributed by atoms with Crippen LogP contribution in [0.25, 0.3) is 16.6 Å². The number of carbonyl (C=O) groups is 1. The van der Waals surface area contributed by atoms with Crippen molar-refractivity contribution in [2.75, 3.05) is 5.75 Å². The lowest BCUT2D eigenvalue weighted by Gasteiger charge is -2.13. The Morgan fingerprint density at radius 3 is 2.61 bits per heavy atom. The van der Waals surface area contributed by atoms with Crippen molar-refractivity contribution in [3.05, 3.63) is 94.0 Å². The minimum absolute atomic E-state index is 0.0338. The van der Waals surface area contributed by atoms with Gasteiger partial charge < -0.3 is 0 Å². The Balaban J connectivity index is 1.58. The summed E-state index contributed by atoms with van der Waals surface area (Å²) < 4.78 is 1.48. The number of hydrazone groups is 1. The SMILES string of the molecule is O=C(CSc1nc2ccccc2c(=O)n1-c1ccc(Cl)cc1)N/N=C\c1ccncc1. The first-order valence-electron chi connectivity index (χ1n) is 9.24. The second-order valence-corrected chi connectivity index (χ2v) is 7.77. The van der Waals surface area contributed by atoms with E-state index in [1.807, 2.05) is 6.07 Å². The van der Waals surface area contributed by atoms with Crippen LogP contribution in [0.3, 0.4) is 0 Å². The van der Waals surface area contributed by atoms with E-state index in [0.717, 1.165) is 17.3 Å². The van der Waals surface area contributed by atoms with E-state index in [2.05, 4.69) is 20.5 Å². The fraction of sp³-hybridized carbons (Fsp3) is 0.0455. The van der Waals surface area contributed by atoms with Crippen LogP contribution in [0.1, 0.15) is 5.56 Å². The Bertz CT molecular complexity index is 1310. The summed E-state index contributed by atoms with van der Waals surface area (Å²) in [7, 11) is 0. The molecule has 154 valence electrons. The number of fused-ring (bicyclic) bond motifs is 1. The number of thioether (sulfide) groups is 1. The van der Waals surface area contributed by atoms with Gasteiger partial charge in [-0.15, -0.1) is 0 Å². The zero-order valence-electron chi connectivity index (χ0n) is 16.1. The monoisotopic (exact) mass is 449 g/mol. The molecule has 0 aliphatic heterocycles. The number of halogens is 1. The first-order chi connectivity index (χ1) is 15.1. The second-order valence-electron chi connectivity index (χ2n) is 6.39. The molecule has 0 spiro atoms. The summed E-state index contributed by atoms with van der Waals surface area (Å²) >= 11 is 7.14. The summed E-state index contributed by atoms with van der Waals surface area (Å²) in [6.07, 6.45) is 4.81. The number of para-hydroxylation sites is 1. The highest BCUT2D eigenvalue weighted by atomic mass is 35.5. The van der Waals surface area contributed by atoms with Gasteiger partial charge in [0.25, 0.3) is 11.5 Å². The third kappa shape index (κ3) is 4.99. The van der Waals surface area contributed by atoms with Crippen LogP contribution in [0.15, 0.2) is 88.1 Å². The van der Waals surface area contributed by atoms with Gasteiger partial charge in [0, 0.05) is 17.4 Å². The summed E-state index contributed by atoms with van der Waals surface area (Å²) in [4.78, 5) is 33.9. The maximum Gasteiger partial charge on any atom is 0.266 e. The van der Waals surface area contributed by atoms with Crippen molar-refractivity contribution in [3.8, 4) is 5.69 Å².